The summed E-state index contributed by atoms with van der Waals surface area (Å²) in [6, 6.07) is 8.25. The number of nitrogens with zero attached hydrogens (tertiary/aromatic N) is 7. The Bertz CT molecular complexity index is 1420. The topological polar surface area (TPSA) is 65.4 Å². The van der Waals surface area contributed by atoms with Crippen LogP contribution in [0, 0.1) is 11.7 Å². The molecule has 0 spiro atoms. The van der Waals surface area contributed by atoms with Gasteiger partial charge in [0.05, 0.1) is 19.3 Å². The highest BCUT2D eigenvalue weighted by atomic mass is 32.1. The summed E-state index contributed by atoms with van der Waals surface area (Å²) in [5.74, 6) is 3.57. The molecule has 34 heavy (non-hydrogen) atoms. The minimum atomic E-state index is 0.409. The SMILES string of the molecule is COc1ccc2c(C)cc3nn(CN4CCC[C@H](c5nnc6n5CCCCC6)C4)c(=S)n3c2c1. The number of hydrogen-bond acceptors (Lipinski definition) is 6. The van der Waals surface area contributed by atoms with Crippen LogP contribution < -0.4 is 4.74 Å². The van der Waals surface area contributed by atoms with Crippen molar-refractivity contribution in [1.29, 1.82) is 0 Å². The number of piperidine rings is 1. The van der Waals surface area contributed by atoms with Crippen molar-refractivity contribution in [3.63, 3.8) is 0 Å². The zero-order chi connectivity index (χ0) is 23.2. The second-order valence-corrected chi connectivity index (χ2v) is 10.0. The van der Waals surface area contributed by atoms with Crippen LogP contribution in [0.4, 0.5) is 0 Å². The summed E-state index contributed by atoms with van der Waals surface area (Å²) in [6.07, 6.45) is 7.09. The lowest BCUT2D eigenvalue weighted by Crippen LogP contribution is -2.37. The van der Waals surface area contributed by atoms with E-state index in [1.54, 1.807) is 7.11 Å². The third-order valence-corrected chi connectivity index (χ3v) is 7.82. The maximum absolute atomic E-state index is 5.92. The molecule has 1 fully saturated rings. The molecule has 6 rings (SSSR count). The molecule has 0 radical (unpaired) electrons. The molecule has 0 bridgehead atoms. The molecule has 0 amide bonds. The van der Waals surface area contributed by atoms with Crippen molar-refractivity contribution in [2.45, 2.75) is 64.6 Å². The van der Waals surface area contributed by atoms with Gasteiger partial charge in [0.2, 0.25) is 4.77 Å². The molecule has 0 aliphatic carbocycles. The van der Waals surface area contributed by atoms with Crippen LogP contribution in [-0.4, -0.2) is 54.0 Å². The standard InChI is InChI=1S/C25H31N7OS/c1-17-13-23-28-31(25(34)32(23)21-14-19(33-2)9-10-20(17)21)16-29-11-6-7-18(15-29)24-27-26-22-8-4-3-5-12-30(22)24/h9-10,13-14,18H,3-8,11-12,15-16H2,1-2H3/t18-/m0/s1. The molecule has 0 saturated carbocycles. The van der Waals surface area contributed by atoms with Crippen molar-refractivity contribution >= 4 is 28.8 Å². The highest BCUT2D eigenvalue weighted by molar-refractivity contribution is 7.71. The van der Waals surface area contributed by atoms with Gasteiger partial charge in [0.25, 0.3) is 0 Å². The molecule has 1 aromatic carbocycles. The van der Waals surface area contributed by atoms with Crippen LogP contribution in [0.25, 0.3) is 16.6 Å². The van der Waals surface area contributed by atoms with Gasteiger partial charge in [-0.15, -0.1) is 10.2 Å². The van der Waals surface area contributed by atoms with Crippen molar-refractivity contribution in [2.24, 2.45) is 0 Å². The summed E-state index contributed by atoms with van der Waals surface area (Å²) in [6.45, 7) is 5.86. The van der Waals surface area contributed by atoms with E-state index in [4.69, 9.17) is 22.1 Å². The number of benzene rings is 1. The van der Waals surface area contributed by atoms with Crippen molar-refractivity contribution in [2.75, 3.05) is 20.2 Å². The monoisotopic (exact) mass is 477 g/mol. The molecule has 2 aliphatic rings. The Balaban J connectivity index is 1.30. The first-order valence-corrected chi connectivity index (χ1v) is 12.7. The van der Waals surface area contributed by atoms with E-state index in [0.29, 0.717) is 17.4 Å². The van der Waals surface area contributed by atoms with Gasteiger partial charge in [0, 0.05) is 36.9 Å². The highest BCUT2D eigenvalue weighted by Crippen LogP contribution is 2.29. The first-order chi connectivity index (χ1) is 16.6. The summed E-state index contributed by atoms with van der Waals surface area (Å²) in [4.78, 5) is 2.46. The zero-order valence-electron chi connectivity index (χ0n) is 19.9. The van der Waals surface area contributed by atoms with Gasteiger partial charge in [-0.2, -0.15) is 5.10 Å². The Morgan fingerprint density at radius 1 is 1.09 bits per heavy atom. The van der Waals surface area contributed by atoms with Gasteiger partial charge in [-0.05, 0) is 75.1 Å². The van der Waals surface area contributed by atoms with Crippen molar-refractivity contribution < 1.29 is 4.74 Å². The third-order valence-electron chi connectivity index (χ3n) is 7.42. The average Bonchev–Trinajstić information content (AvgIpc) is 3.29. The molecule has 1 saturated heterocycles. The van der Waals surface area contributed by atoms with Gasteiger partial charge in [-0.1, -0.05) is 6.42 Å². The Morgan fingerprint density at radius 3 is 2.88 bits per heavy atom. The lowest BCUT2D eigenvalue weighted by atomic mass is 9.97. The summed E-state index contributed by atoms with van der Waals surface area (Å²) in [5.41, 5.74) is 3.09. The van der Waals surface area contributed by atoms with Gasteiger partial charge < -0.3 is 9.30 Å². The van der Waals surface area contributed by atoms with Crippen LogP contribution in [0.3, 0.4) is 0 Å². The largest absolute Gasteiger partial charge is 0.497 e. The highest BCUT2D eigenvalue weighted by Gasteiger charge is 2.28. The van der Waals surface area contributed by atoms with Crippen molar-refractivity contribution in [3.8, 4) is 5.75 Å². The van der Waals surface area contributed by atoms with Crippen LogP contribution in [0.2, 0.25) is 0 Å². The molecule has 9 heteroatoms. The van der Waals surface area contributed by atoms with Gasteiger partial charge in [-0.3, -0.25) is 9.30 Å². The Labute approximate surface area is 204 Å². The Hall–Kier alpha value is -2.78. The minimum Gasteiger partial charge on any atom is -0.497 e. The van der Waals surface area contributed by atoms with Gasteiger partial charge >= 0.3 is 0 Å². The number of fused-ring (bicyclic) bond motifs is 4. The smallest absolute Gasteiger partial charge is 0.204 e. The minimum absolute atomic E-state index is 0.409. The predicted molar refractivity (Wildman–Crippen MR) is 134 cm³/mol. The number of hydrogen-bond donors (Lipinski definition) is 0. The quantitative estimate of drug-likeness (QED) is 0.404. The number of aryl methyl sites for hydroxylation is 2. The zero-order valence-corrected chi connectivity index (χ0v) is 20.7. The molecule has 0 N–H and O–H groups in total. The van der Waals surface area contributed by atoms with E-state index in [2.05, 4.69) is 43.1 Å². The van der Waals surface area contributed by atoms with E-state index in [-0.39, 0.29) is 0 Å². The molecular formula is C25H31N7OS. The lowest BCUT2D eigenvalue weighted by Gasteiger charge is -2.32. The summed E-state index contributed by atoms with van der Waals surface area (Å²) >= 11 is 5.92. The van der Waals surface area contributed by atoms with Gasteiger partial charge in [0.15, 0.2) is 5.65 Å². The summed E-state index contributed by atoms with van der Waals surface area (Å²) < 4.78 is 12.6. The van der Waals surface area contributed by atoms with Crippen LogP contribution in [0.5, 0.6) is 5.75 Å². The molecule has 0 unspecified atom stereocenters. The third kappa shape index (κ3) is 3.71. The molecule has 4 aromatic rings. The maximum Gasteiger partial charge on any atom is 0.204 e. The average molecular weight is 478 g/mol. The fourth-order valence-electron chi connectivity index (χ4n) is 5.66. The Morgan fingerprint density at radius 2 is 2.00 bits per heavy atom. The molecule has 3 aromatic heterocycles. The molecular weight excluding hydrogens is 446 g/mol. The van der Waals surface area contributed by atoms with E-state index in [0.717, 1.165) is 61.2 Å². The fourth-order valence-corrected chi connectivity index (χ4v) is 5.95. The molecule has 8 nitrogen and oxygen atoms in total. The maximum atomic E-state index is 5.92. The normalized spacial score (nSPS) is 19.4. The van der Waals surface area contributed by atoms with Crippen molar-refractivity contribution in [3.05, 3.63) is 46.2 Å². The van der Waals surface area contributed by atoms with Gasteiger partial charge in [-0.25, -0.2) is 4.68 Å². The number of pyridine rings is 1. The fraction of sp³-hybridized carbons (Fsp3) is 0.520. The number of likely N-dealkylation sites (tertiary alicyclic amines) is 1. The van der Waals surface area contributed by atoms with Crippen LogP contribution in [0.15, 0.2) is 24.3 Å². The number of ether oxygens (including phenoxy) is 1. The van der Waals surface area contributed by atoms with Crippen LogP contribution >= 0.6 is 12.2 Å². The van der Waals surface area contributed by atoms with Crippen molar-refractivity contribution in [1.82, 2.24) is 33.8 Å². The van der Waals surface area contributed by atoms with E-state index >= 15 is 0 Å². The van der Waals surface area contributed by atoms with E-state index in [9.17, 15) is 0 Å². The number of aromatic nitrogens is 6. The second kappa shape index (κ2) is 8.78. The second-order valence-electron chi connectivity index (χ2n) is 9.68. The number of methoxy groups -OCH3 is 1. The predicted octanol–water partition coefficient (Wildman–Crippen LogP) is 4.49. The van der Waals surface area contributed by atoms with Crippen LogP contribution in [0.1, 0.15) is 55.2 Å². The molecule has 5 heterocycles. The van der Waals surface area contributed by atoms with E-state index in [1.807, 2.05) is 16.8 Å². The summed E-state index contributed by atoms with van der Waals surface area (Å²) in [5, 5.41) is 15.3. The Kier molecular flexibility index (Phi) is 5.61. The lowest BCUT2D eigenvalue weighted by molar-refractivity contribution is 0.152. The van der Waals surface area contributed by atoms with E-state index < -0.39 is 0 Å². The van der Waals surface area contributed by atoms with Gasteiger partial charge in [0.1, 0.15) is 17.4 Å². The number of rotatable bonds is 4. The first-order valence-electron chi connectivity index (χ1n) is 12.3. The first kappa shape index (κ1) is 21.7. The molecule has 178 valence electrons. The molecule has 1 atom stereocenters. The molecule has 2 aliphatic heterocycles. The van der Waals surface area contributed by atoms with E-state index in [1.165, 1.54) is 36.5 Å². The summed E-state index contributed by atoms with van der Waals surface area (Å²) in [7, 11) is 1.69. The van der Waals surface area contributed by atoms with Crippen LogP contribution in [-0.2, 0) is 19.6 Å².